The van der Waals surface area contributed by atoms with E-state index in [0.29, 0.717) is 22.8 Å². The largest absolute Gasteiger partial charge is 0.573 e. The molecule has 0 atom stereocenters. The summed E-state index contributed by atoms with van der Waals surface area (Å²) in [4.78, 5) is -1.17. The molecule has 0 heterocycles. The maximum Gasteiger partial charge on any atom is 0.573 e. The van der Waals surface area contributed by atoms with Crippen molar-refractivity contribution in [2.45, 2.75) is 63.6 Å². The van der Waals surface area contributed by atoms with E-state index >= 15 is 0 Å². The van der Waals surface area contributed by atoms with Crippen LogP contribution in [0.2, 0.25) is 0 Å². The topological polar surface area (TPSA) is 87.4 Å². The number of halogens is 3. The number of ether oxygens (including phenoxy) is 1. The summed E-state index contributed by atoms with van der Waals surface area (Å²) in [5.41, 5.74) is 0.532. The maximum absolute atomic E-state index is 13.0. The SMILES string of the molecule is CC(C)(C)c1cc(C=C(C#N)S(=O)(=O)c2cccc(OC(F)(F)F)c2)cc(C(C)(C)C)c1O. The molecule has 0 aliphatic rings. The molecule has 0 unspecified atom stereocenters. The van der Waals surface area contributed by atoms with Crippen LogP contribution in [0.5, 0.6) is 11.5 Å². The molecule has 9 heteroatoms. The minimum absolute atomic E-state index is 0.0884. The van der Waals surface area contributed by atoms with Gasteiger partial charge in [0.2, 0.25) is 9.84 Å². The molecule has 0 aliphatic carbocycles. The molecular formula is C24H26F3NO4S. The molecule has 2 aromatic carbocycles. The summed E-state index contributed by atoms with van der Waals surface area (Å²) in [5.74, 6) is -0.624. The molecule has 0 bridgehead atoms. The van der Waals surface area contributed by atoms with Crippen LogP contribution in [0.1, 0.15) is 58.2 Å². The van der Waals surface area contributed by atoms with Crippen LogP contribution in [0.15, 0.2) is 46.2 Å². The third-order valence-corrected chi connectivity index (χ3v) is 6.46. The van der Waals surface area contributed by atoms with E-state index in [1.165, 1.54) is 0 Å². The standard InChI is InChI=1S/C24H26F3NO4S/c1-22(2,3)19-11-15(12-20(21(19)29)23(4,5)6)10-18(14-28)33(30,31)17-9-7-8-16(13-17)32-24(25,26)27/h7-13,29H,1-6H3. The second kappa shape index (κ2) is 8.75. The minimum Gasteiger partial charge on any atom is -0.507 e. The summed E-state index contributed by atoms with van der Waals surface area (Å²) >= 11 is 0. The Morgan fingerprint density at radius 2 is 1.52 bits per heavy atom. The van der Waals surface area contributed by atoms with Gasteiger partial charge in [0.15, 0.2) is 0 Å². The number of sulfone groups is 1. The van der Waals surface area contributed by atoms with Crippen LogP contribution in [-0.2, 0) is 20.7 Å². The number of hydrogen-bond acceptors (Lipinski definition) is 5. The van der Waals surface area contributed by atoms with E-state index < -0.39 is 42.6 Å². The molecule has 0 saturated carbocycles. The smallest absolute Gasteiger partial charge is 0.507 e. The fourth-order valence-corrected chi connectivity index (χ4v) is 4.36. The van der Waals surface area contributed by atoms with Gasteiger partial charge in [-0.25, -0.2) is 8.42 Å². The highest BCUT2D eigenvalue weighted by Gasteiger charge is 2.32. The first-order valence-electron chi connectivity index (χ1n) is 9.97. The molecule has 5 nitrogen and oxygen atoms in total. The van der Waals surface area contributed by atoms with Gasteiger partial charge in [-0.1, -0.05) is 47.6 Å². The Labute approximate surface area is 192 Å². The van der Waals surface area contributed by atoms with Crippen LogP contribution in [0.25, 0.3) is 6.08 Å². The molecule has 2 rings (SSSR count). The van der Waals surface area contributed by atoms with Crippen molar-refractivity contribution in [3.05, 3.63) is 58.0 Å². The Kier molecular flexibility index (Phi) is 6.96. The first-order chi connectivity index (χ1) is 14.9. The fraction of sp³-hybridized carbons (Fsp3) is 0.375. The number of allylic oxidation sites excluding steroid dienone is 1. The lowest BCUT2D eigenvalue weighted by Crippen LogP contribution is -2.17. The summed E-state index contributed by atoms with van der Waals surface area (Å²) in [6.45, 7) is 11.3. The van der Waals surface area contributed by atoms with Crippen molar-refractivity contribution in [2.75, 3.05) is 0 Å². The molecule has 178 valence electrons. The Bertz CT molecular complexity index is 1190. The zero-order valence-corrected chi connectivity index (χ0v) is 20.0. The molecule has 0 aromatic heterocycles. The van der Waals surface area contributed by atoms with E-state index in [4.69, 9.17) is 0 Å². The van der Waals surface area contributed by atoms with Gasteiger partial charge in [0, 0.05) is 11.1 Å². The quantitative estimate of drug-likeness (QED) is 0.524. The van der Waals surface area contributed by atoms with Gasteiger partial charge in [-0.3, -0.25) is 0 Å². The maximum atomic E-state index is 13.0. The number of aromatic hydroxyl groups is 1. The zero-order chi connectivity index (χ0) is 25.4. The van der Waals surface area contributed by atoms with Crippen LogP contribution in [-0.4, -0.2) is 19.9 Å². The van der Waals surface area contributed by atoms with Crippen molar-refractivity contribution in [1.29, 1.82) is 5.26 Å². The summed E-state index contributed by atoms with van der Waals surface area (Å²) < 4.78 is 67.5. The predicted molar refractivity (Wildman–Crippen MR) is 119 cm³/mol. The highest BCUT2D eigenvalue weighted by molar-refractivity contribution is 7.95. The van der Waals surface area contributed by atoms with Crippen LogP contribution >= 0.6 is 0 Å². The van der Waals surface area contributed by atoms with E-state index in [9.17, 15) is 32.0 Å². The lowest BCUT2D eigenvalue weighted by molar-refractivity contribution is -0.274. The van der Waals surface area contributed by atoms with E-state index in [-0.39, 0.29) is 5.75 Å². The van der Waals surface area contributed by atoms with Crippen LogP contribution in [0, 0.1) is 11.3 Å². The van der Waals surface area contributed by atoms with Crippen molar-refractivity contribution >= 4 is 15.9 Å². The van der Waals surface area contributed by atoms with Gasteiger partial charge in [-0.2, -0.15) is 5.26 Å². The Morgan fingerprint density at radius 3 is 1.94 bits per heavy atom. The van der Waals surface area contributed by atoms with Gasteiger partial charge in [-0.05, 0) is 52.8 Å². The first-order valence-corrected chi connectivity index (χ1v) is 11.5. The number of nitriles is 1. The Hall–Kier alpha value is -2.99. The molecule has 0 saturated heterocycles. The molecular weight excluding hydrogens is 455 g/mol. The zero-order valence-electron chi connectivity index (χ0n) is 19.2. The average Bonchev–Trinajstić information content (AvgIpc) is 2.63. The van der Waals surface area contributed by atoms with Crippen LogP contribution < -0.4 is 4.74 Å². The van der Waals surface area contributed by atoms with Gasteiger partial charge in [0.05, 0.1) is 4.90 Å². The van der Waals surface area contributed by atoms with E-state index in [1.807, 2.05) is 41.5 Å². The predicted octanol–water partition coefficient (Wildman–Crippen LogP) is 6.22. The van der Waals surface area contributed by atoms with E-state index in [2.05, 4.69) is 4.74 Å². The first kappa shape index (κ1) is 26.3. The third kappa shape index (κ3) is 6.29. The molecule has 2 aromatic rings. The highest BCUT2D eigenvalue weighted by Crippen LogP contribution is 2.40. The summed E-state index contributed by atoms with van der Waals surface area (Å²) in [6.07, 6.45) is -3.84. The van der Waals surface area contributed by atoms with E-state index in [0.717, 1.165) is 24.3 Å². The molecule has 0 aliphatic heterocycles. The normalized spacial score (nSPS) is 13.5. The number of alkyl halides is 3. The van der Waals surface area contributed by atoms with Gasteiger partial charge >= 0.3 is 6.36 Å². The van der Waals surface area contributed by atoms with Crippen molar-refractivity contribution in [3.63, 3.8) is 0 Å². The second-order valence-electron chi connectivity index (χ2n) is 9.61. The fourth-order valence-electron chi connectivity index (χ4n) is 3.17. The summed E-state index contributed by atoms with van der Waals surface area (Å²) in [5, 5.41) is 20.4. The van der Waals surface area contributed by atoms with Gasteiger partial charge < -0.3 is 9.84 Å². The Morgan fingerprint density at radius 1 is 1.00 bits per heavy atom. The van der Waals surface area contributed by atoms with E-state index in [1.54, 1.807) is 18.2 Å². The second-order valence-corrected chi connectivity index (χ2v) is 11.5. The summed E-state index contributed by atoms with van der Waals surface area (Å²) in [6, 6.07) is 8.69. The molecule has 0 spiro atoms. The summed E-state index contributed by atoms with van der Waals surface area (Å²) in [7, 11) is -4.44. The number of phenols is 1. The van der Waals surface area contributed by atoms with Gasteiger partial charge in [-0.15, -0.1) is 13.2 Å². The Balaban J connectivity index is 2.69. The van der Waals surface area contributed by atoms with Gasteiger partial charge in [0.1, 0.15) is 22.5 Å². The molecule has 33 heavy (non-hydrogen) atoms. The molecule has 1 N–H and O–H groups in total. The minimum atomic E-state index is -4.99. The highest BCUT2D eigenvalue weighted by atomic mass is 32.2. The van der Waals surface area contributed by atoms with Crippen molar-refractivity contribution < 1.29 is 31.4 Å². The van der Waals surface area contributed by atoms with Gasteiger partial charge in [0.25, 0.3) is 0 Å². The number of hydrogen-bond donors (Lipinski definition) is 1. The lowest BCUT2D eigenvalue weighted by atomic mass is 9.78. The van der Waals surface area contributed by atoms with Crippen LogP contribution in [0.4, 0.5) is 13.2 Å². The third-order valence-electron chi connectivity index (χ3n) is 4.80. The number of phenolic OH excluding ortho intramolecular Hbond substituents is 1. The molecule has 0 radical (unpaired) electrons. The van der Waals surface area contributed by atoms with Crippen molar-refractivity contribution in [1.82, 2.24) is 0 Å². The molecule has 0 fully saturated rings. The number of rotatable bonds is 4. The van der Waals surface area contributed by atoms with Crippen molar-refractivity contribution in [3.8, 4) is 17.6 Å². The number of benzene rings is 2. The van der Waals surface area contributed by atoms with Crippen molar-refractivity contribution in [2.24, 2.45) is 0 Å². The lowest BCUT2D eigenvalue weighted by Gasteiger charge is -2.28. The average molecular weight is 482 g/mol. The number of nitrogens with zero attached hydrogens (tertiary/aromatic N) is 1. The molecule has 0 amide bonds. The monoisotopic (exact) mass is 481 g/mol. The van der Waals surface area contributed by atoms with Crippen LogP contribution in [0.3, 0.4) is 0 Å².